The Hall–Kier alpha value is 0.270. The Morgan fingerprint density at radius 3 is 1.94 bits per heavy atom. The standard InChI is InChI=1S/C15H33NOS/c1-13(2)10-16(11-14(3)4)15(5)12-17-8-6-7-9-18/h13-15,18H,6-12H2,1-5H3. The fourth-order valence-electron chi connectivity index (χ4n) is 2.05. The summed E-state index contributed by atoms with van der Waals surface area (Å²) in [5.74, 6) is 2.40. The van der Waals surface area contributed by atoms with Gasteiger partial charge in [-0.25, -0.2) is 0 Å². The molecule has 3 heteroatoms. The molecule has 0 aromatic carbocycles. The molecule has 0 rings (SSSR count). The molecular weight excluding hydrogens is 242 g/mol. The van der Waals surface area contributed by atoms with E-state index in [0.29, 0.717) is 6.04 Å². The van der Waals surface area contributed by atoms with Crippen molar-refractivity contribution in [3.8, 4) is 0 Å². The van der Waals surface area contributed by atoms with E-state index in [0.717, 1.165) is 43.6 Å². The van der Waals surface area contributed by atoms with Crippen molar-refractivity contribution in [2.75, 3.05) is 32.1 Å². The number of nitrogens with zero attached hydrogens (tertiary/aromatic N) is 1. The zero-order chi connectivity index (χ0) is 14.0. The highest BCUT2D eigenvalue weighted by atomic mass is 32.1. The molecule has 110 valence electrons. The van der Waals surface area contributed by atoms with Crippen LogP contribution in [-0.4, -0.2) is 43.0 Å². The fourth-order valence-corrected chi connectivity index (χ4v) is 2.27. The summed E-state index contributed by atoms with van der Waals surface area (Å²) >= 11 is 4.21. The average Bonchev–Trinajstić information content (AvgIpc) is 2.26. The number of ether oxygens (including phenoxy) is 1. The highest BCUT2D eigenvalue weighted by molar-refractivity contribution is 7.80. The molecule has 0 radical (unpaired) electrons. The largest absolute Gasteiger partial charge is 0.380 e. The van der Waals surface area contributed by atoms with Crippen LogP contribution in [-0.2, 0) is 4.74 Å². The van der Waals surface area contributed by atoms with Crippen molar-refractivity contribution < 1.29 is 4.74 Å². The Kier molecular flexibility index (Phi) is 11.3. The number of thiol groups is 1. The van der Waals surface area contributed by atoms with Crippen molar-refractivity contribution in [1.82, 2.24) is 4.90 Å². The van der Waals surface area contributed by atoms with Crippen molar-refractivity contribution in [1.29, 1.82) is 0 Å². The van der Waals surface area contributed by atoms with Gasteiger partial charge in [-0.3, -0.25) is 4.90 Å². The third-order valence-electron chi connectivity index (χ3n) is 2.88. The summed E-state index contributed by atoms with van der Waals surface area (Å²) in [7, 11) is 0. The van der Waals surface area contributed by atoms with E-state index in [-0.39, 0.29) is 0 Å². The average molecular weight is 276 g/mol. The first-order chi connectivity index (χ1) is 8.47. The Labute approximate surface area is 120 Å². The molecule has 18 heavy (non-hydrogen) atoms. The number of hydrogen-bond donors (Lipinski definition) is 1. The minimum Gasteiger partial charge on any atom is -0.380 e. The minimum absolute atomic E-state index is 0.519. The van der Waals surface area contributed by atoms with Gasteiger partial charge < -0.3 is 4.74 Å². The third kappa shape index (κ3) is 10.2. The van der Waals surface area contributed by atoms with Crippen LogP contribution in [0.5, 0.6) is 0 Å². The molecule has 0 aromatic rings. The Bertz CT molecular complexity index is 175. The first-order valence-corrected chi connectivity index (χ1v) is 8.03. The molecular formula is C15H33NOS. The maximum absolute atomic E-state index is 5.77. The molecule has 1 atom stereocenters. The molecule has 0 aliphatic rings. The van der Waals surface area contributed by atoms with Crippen molar-refractivity contribution >= 4 is 12.6 Å². The molecule has 0 amide bonds. The minimum atomic E-state index is 0.519. The normalized spacial score (nSPS) is 13.8. The van der Waals surface area contributed by atoms with Gasteiger partial charge in [-0.05, 0) is 37.4 Å². The molecule has 1 unspecified atom stereocenters. The van der Waals surface area contributed by atoms with Crippen LogP contribution in [0.3, 0.4) is 0 Å². The van der Waals surface area contributed by atoms with E-state index in [2.05, 4.69) is 52.1 Å². The molecule has 0 aliphatic carbocycles. The van der Waals surface area contributed by atoms with Crippen LogP contribution in [0.15, 0.2) is 0 Å². The second-order valence-electron chi connectivity index (χ2n) is 6.10. The van der Waals surface area contributed by atoms with Crippen LogP contribution < -0.4 is 0 Å². The Morgan fingerprint density at radius 1 is 0.944 bits per heavy atom. The first kappa shape index (κ1) is 18.3. The zero-order valence-corrected chi connectivity index (χ0v) is 13.9. The summed E-state index contributed by atoms with van der Waals surface area (Å²) in [5, 5.41) is 0. The highest BCUT2D eigenvalue weighted by Gasteiger charge is 2.16. The van der Waals surface area contributed by atoms with E-state index in [4.69, 9.17) is 4.74 Å². The summed E-state index contributed by atoms with van der Waals surface area (Å²) < 4.78 is 5.77. The summed E-state index contributed by atoms with van der Waals surface area (Å²) in [4.78, 5) is 2.56. The fraction of sp³-hybridized carbons (Fsp3) is 1.00. The summed E-state index contributed by atoms with van der Waals surface area (Å²) in [6.07, 6.45) is 2.28. The van der Waals surface area contributed by atoms with Gasteiger partial charge in [0.2, 0.25) is 0 Å². The lowest BCUT2D eigenvalue weighted by Crippen LogP contribution is -2.41. The van der Waals surface area contributed by atoms with Crippen LogP contribution in [0.4, 0.5) is 0 Å². The quantitative estimate of drug-likeness (QED) is 0.456. The third-order valence-corrected chi connectivity index (χ3v) is 3.19. The lowest BCUT2D eigenvalue weighted by molar-refractivity contribution is 0.0545. The molecule has 0 aliphatic heterocycles. The maximum atomic E-state index is 5.77. The van der Waals surface area contributed by atoms with Crippen molar-refractivity contribution in [3.63, 3.8) is 0 Å². The molecule has 0 spiro atoms. The van der Waals surface area contributed by atoms with Gasteiger partial charge in [0.25, 0.3) is 0 Å². The molecule has 0 saturated carbocycles. The second-order valence-corrected chi connectivity index (χ2v) is 6.54. The lowest BCUT2D eigenvalue weighted by Gasteiger charge is -2.32. The van der Waals surface area contributed by atoms with E-state index < -0.39 is 0 Å². The van der Waals surface area contributed by atoms with Crippen LogP contribution in [0.2, 0.25) is 0 Å². The molecule has 0 fully saturated rings. The first-order valence-electron chi connectivity index (χ1n) is 7.40. The van der Waals surface area contributed by atoms with Gasteiger partial charge in [-0.2, -0.15) is 12.6 Å². The second kappa shape index (κ2) is 11.1. The van der Waals surface area contributed by atoms with Crippen LogP contribution in [0.1, 0.15) is 47.5 Å². The van der Waals surface area contributed by atoms with E-state index in [1.165, 1.54) is 13.1 Å². The van der Waals surface area contributed by atoms with Gasteiger partial charge in [-0.1, -0.05) is 27.7 Å². The van der Waals surface area contributed by atoms with Gasteiger partial charge in [0.1, 0.15) is 0 Å². The van der Waals surface area contributed by atoms with E-state index in [1.807, 2.05) is 0 Å². The van der Waals surface area contributed by atoms with E-state index >= 15 is 0 Å². The maximum Gasteiger partial charge on any atom is 0.0619 e. The SMILES string of the molecule is CC(C)CN(CC(C)C)C(C)COCCCCS. The van der Waals surface area contributed by atoms with Gasteiger partial charge in [0, 0.05) is 25.7 Å². The Morgan fingerprint density at radius 2 is 1.50 bits per heavy atom. The van der Waals surface area contributed by atoms with E-state index in [1.54, 1.807) is 0 Å². The molecule has 0 heterocycles. The van der Waals surface area contributed by atoms with Crippen molar-refractivity contribution in [3.05, 3.63) is 0 Å². The van der Waals surface area contributed by atoms with Crippen LogP contribution in [0, 0.1) is 11.8 Å². The summed E-state index contributed by atoms with van der Waals surface area (Å²) in [5.41, 5.74) is 0. The van der Waals surface area contributed by atoms with Crippen LogP contribution >= 0.6 is 12.6 Å². The topological polar surface area (TPSA) is 12.5 Å². The van der Waals surface area contributed by atoms with Crippen molar-refractivity contribution in [2.24, 2.45) is 11.8 Å². The van der Waals surface area contributed by atoms with Gasteiger partial charge >= 0.3 is 0 Å². The predicted molar refractivity (Wildman–Crippen MR) is 84.6 cm³/mol. The Balaban J connectivity index is 3.92. The van der Waals surface area contributed by atoms with Gasteiger partial charge in [0.05, 0.1) is 6.61 Å². The smallest absolute Gasteiger partial charge is 0.0619 e. The summed E-state index contributed by atoms with van der Waals surface area (Å²) in [6, 6.07) is 0.519. The van der Waals surface area contributed by atoms with Crippen LogP contribution in [0.25, 0.3) is 0 Å². The zero-order valence-electron chi connectivity index (χ0n) is 13.0. The molecule has 0 N–H and O–H groups in total. The van der Waals surface area contributed by atoms with Gasteiger partial charge in [0.15, 0.2) is 0 Å². The number of rotatable bonds is 11. The molecule has 2 nitrogen and oxygen atoms in total. The lowest BCUT2D eigenvalue weighted by atomic mass is 10.1. The summed E-state index contributed by atoms with van der Waals surface area (Å²) in [6.45, 7) is 15.5. The predicted octanol–water partition coefficient (Wildman–Crippen LogP) is 3.72. The van der Waals surface area contributed by atoms with Gasteiger partial charge in [-0.15, -0.1) is 0 Å². The van der Waals surface area contributed by atoms with E-state index in [9.17, 15) is 0 Å². The monoisotopic (exact) mass is 275 g/mol. The molecule has 0 bridgehead atoms. The molecule has 0 saturated heterocycles. The number of unbranched alkanes of at least 4 members (excludes halogenated alkanes) is 1. The van der Waals surface area contributed by atoms with Crippen molar-refractivity contribution in [2.45, 2.75) is 53.5 Å². The highest BCUT2D eigenvalue weighted by Crippen LogP contribution is 2.09. The number of hydrogen-bond acceptors (Lipinski definition) is 3. The molecule has 0 aromatic heterocycles.